The summed E-state index contributed by atoms with van der Waals surface area (Å²) in [5.74, 6) is 0. The molecule has 1 N–H and O–H groups in total. The molecule has 0 aromatic carbocycles. The van der Waals surface area contributed by atoms with Crippen molar-refractivity contribution in [3.63, 3.8) is 0 Å². The van der Waals surface area contributed by atoms with Crippen LogP contribution in [-0.4, -0.2) is 11.2 Å². The molecule has 0 saturated heterocycles. The molecule has 0 radical (unpaired) electrons. The van der Waals surface area contributed by atoms with Gasteiger partial charge in [0.2, 0.25) is 0 Å². The van der Waals surface area contributed by atoms with Gasteiger partial charge in [0, 0.05) is 0 Å². The number of hydrogen-bond donors (Lipinski definition) is 1. The maximum atomic E-state index is 9.13. The predicted molar refractivity (Wildman–Crippen MR) is 38.2 cm³/mol. The standard InChI is InChI=1S/C8H13NO/c1-8(6-9)4-2-7(10)3-5-8/h7,10H,2-5H2,1H3/t7-,8+. The fraction of sp³-hybridized carbons (Fsp3) is 0.875. The van der Waals surface area contributed by atoms with Gasteiger partial charge in [-0.15, -0.1) is 0 Å². The van der Waals surface area contributed by atoms with Crippen LogP contribution in [0.2, 0.25) is 0 Å². The van der Waals surface area contributed by atoms with Gasteiger partial charge in [0.15, 0.2) is 0 Å². The lowest BCUT2D eigenvalue weighted by Gasteiger charge is -2.28. The smallest absolute Gasteiger partial charge is 0.0686 e. The second kappa shape index (κ2) is 2.59. The molecule has 0 bridgehead atoms. The molecule has 1 rings (SSSR count). The highest BCUT2D eigenvalue weighted by Crippen LogP contribution is 2.34. The second-order valence-corrected chi connectivity index (χ2v) is 3.40. The maximum absolute atomic E-state index is 9.13. The van der Waals surface area contributed by atoms with E-state index in [0.717, 1.165) is 25.7 Å². The minimum absolute atomic E-state index is 0.151. The lowest BCUT2D eigenvalue weighted by Crippen LogP contribution is -2.25. The first-order valence-electron chi connectivity index (χ1n) is 3.76. The Morgan fingerprint density at radius 3 is 2.40 bits per heavy atom. The number of rotatable bonds is 0. The Balaban J connectivity index is 2.48. The van der Waals surface area contributed by atoms with Crippen molar-refractivity contribution in [3.8, 4) is 6.07 Å². The summed E-state index contributed by atoms with van der Waals surface area (Å²) in [6, 6.07) is 2.29. The monoisotopic (exact) mass is 139 g/mol. The van der Waals surface area contributed by atoms with Crippen molar-refractivity contribution in [2.75, 3.05) is 0 Å². The van der Waals surface area contributed by atoms with E-state index in [2.05, 4.69) is 6.07 Å². The molecule has 0 amide bonds. The summed E-state index contributed by atoms with van der Waals surface area (Å²) in [4.78, 5) is 0. The van der Waals surface area contributed by atoms with Crippen LogP contribution in [0.1, 0.15) is 32.6 Å². The molecule has 0 aromatic heterocycles. The Labute approximate surface area is 61.5 Å². The lowest BCUT2D eigenvalue weighted by molar-refractivity contribution is 0.0936. The van der Waals surface area contributed by atoms with Crippen LogP contribution < -0.4 is 0 Å². The van der Waals surface area contributed by atoms with Gasteiger partial charge >= 0.3 is 0 Å². The zero-order chi connectivity index (χ0) is 7.61. The van der Waals surface area contributed by atoms with E-state index >= 15 is 0 Å². The fourth-order valence-corrected chi connectivity index (χ4v) is 1.35. The van der Waals surface area contributed by atoms with Crippen molar-refractivity contribution >= 4 is 0 Å². The van der Waals surface area contributed by atoms with Gasteiger partial charge in [-0.3, -0.25) is 0 Å². The topological polar surface area (TPSA) is 44.0 Å². The number of aliphatic hydroxyl groups excluding tert-OH is 1. The zero-order valence-corrected chi connectivity index (χ0v) is 6.30. The quantitative estimate of drug-likeness (QED) is 0.552. The highest BCUT2D eigenvalue weighted by Gasteiger charge is 2.29. The van der Waals surface area contributed by atoms with E-state index in [1.54, 1.807) is 0 Å². The maximum Gasteiger partial charge on any atom is 0.0686 e. The first-order valence-corrected chi connectivity index (χ1v) is 3.76. The number of nitrogens with zero attached hydrogens (tertiary/aromatic N) is 1. The summed E-state index contributed by atoms with van der Waals surface area (Å²) in [5.41, 5.74) is -0.154. The molecule has 0 aliphatic heterocycles. The Kier molecular flexibility index (Phi) is 1.96. The van der Waals surface area contributed by atoms with E-state index in [4.69, 9.17) is 10.4 Å². The van der Waals surface area contributed by atoms with Crippen molar-refractivity contribution in [2.24, 2.45) is 5.41 Å². The van der Waals surface area contributed by atoms with Crippen LogP contribution in [0.4, 0.5) is 0 Å². The normalized spacial score (nSPS) is 40.7. The third-order valence-electron chi connectivity index (χ3n) is 2.33. The number of nitriles is 1. The van der Waals surface area contributed by atoms with Crippen molar-refractivity contribution in [3.05, 3.63) is 0 Å². The van der Waals surface area contributed by atoms with Crippen molar-refractivity contribution in [2.45, 2.75) is 38.7 Å². The average molecular weight is 139 g/mol. The summed E-state index contributed by atoms with van der Waals surface area (Å²) in [7, 11) is 0. The van der Waals surface area contributed by atoms with Gasteiger partial charge in [0.05, 0.1) is 17.6 Å². The molecule has 0 heterocycles. The van der Waals surface area contributed by atoms with E-state index in [9.17, 15) is 0 Å². The summed E-state index contributed by atoms with van der Waals surface area (Å²) < 4.78 is 0. The summed E-state index contributed by atoms with van der Waals surface area (Å²) >= 11 is 0. The average Bonchev–Trinajstić information content (AvgIpc) is 1.96. The molecule has 1 aliphatic rings. The molecule has 1 aliphatic carbocycles. The molecule has 0 atom stereocenters. The Hall–Kier alpha value is -0.550. The molecule has 56 valence electrons. The molecular formula is C8H13NO. The molecular weight excluding hydrogens is 126 g/mol. The molecule has 1 saturated carbocycles. The highest BCUT2D eigenvalue weighted by molar-refractivity contribution is 4.98. The van der Waals surface area contributed by atoms with Crippen LogP contribution in [0.25, 0.3) is 0 Å². The van der Waals surface area contributed by atoms with Crippen LogP contribution in [0.3, 0.4) is 0 Å². The van der Waals surface area contributed by atoms with Gasteiger partial charge in [-0.25, -0.2) is 0 Å². The molecule has 1 fully saturated rings. The van der Waals surface area contributed by atoms with Crippen LogP contribution in [-0.2, 0) is 0 Å². The first kappa shape index (κ1) is 7.56. The largest absolute Gasteiger partial charge is 0.393 e. The fourth-order valence-electron chi connectivity index (χ4n) is 1.35. The molecule has 0 unspecified atom stereocenters. The molecule has 2 heteroatoms. The Morgan fingerprint density at radius 1 is 1.50 bits per heavy atom. The third kappa shape index (κ3) is 1.48. The van der Waals surface area contributed by atoms with Crippen molar-refractivity contribution < 1.29 is 5.11 Å². The summed E-state index contributed by atoms with van der Waals surface area (Å²) in [6.45, 7) is 1.97. The van der Waals surface area contributed by atoms with Crippen LogP contribution >= 0.6 is 0 Å². The zero-order valence-electron chi connectivity index (χ0n) is 6.30. The Morgan fingerprint density at radius 2 is 2.00 bits per heavy atom. The van der Waals surface area contributed by atoms with Crippen LogP contribution in [0.5, 0.6) is 0 Å². The first-order chi connectivity index (χ1) is 4.66. The molecule has 10 heavy (non-hydrogen) atoms. The van der Waals surface area contributed by atoms with Crippen molar-refractivity contribution in [1.29, 1.82) is 5.26 Å². The predicted octanol–water partition coefficient (Wildman–Crippen LogP) is 1.45. The number of hydrogen-bond acceptors (Lipinski definition) is 2. The van der Waals surface area contributed by atoms with Gasteiger partial charge in [-0.05, 0) is 32.6 Å². The van der Waals surface area contributed by atoms with Gasteiger partial charge < -0.3 is 5.11 Å². The van der Waals surface area contributed by atoms with Crippen LogP contribution in [0, 0.1) is 16.7 Å². The summed E-state index contributed by atoms with van der Waals surface area (Å²) in [5, 5.41) is 17.8. The van der Waals surface area contributed by atoms with Gasteiger partial charge in [0.25, 0.3) is 0 Å². The van der Waals surface area contributed by atoms with Gasteiger partial charge in [-0.2, -0.15) is 5.26 Å². The molecule has 0 spiro atoms. The van der Waals surface area contributed by atoms with Gasteiger partial charge in [-0.1, -0.05) is 0 Å². The summed E-state index contributed by atoms with van der Waals surface area (Å²) in [6.07, 6.45) is 3.14. The molecule has 0 aromatic rings. The van der Waals surface area contributed by atoms with E-state index in [0.29, 0.717) is 0 Å². The molecule has 2 nitrogen and oxygen atoms in total. The Bertz CT molecular complexity index is 151. The van der Waals surface area contributed by atoms with Crippen LogP contribution in [0.15, 0.2) is 0 Å². The van der Waals surface area contributed by atoms with E-state index in [1.165, 1.54) is 0 Å². The van der Waals surface area contributed by atoms with E-state index in [1.807, 2.05) is 6.92 Å². The van der Waals surface area contributed by atoms with Gasteiger partial charge in [0.1, 0.15) is 0 Å². The second-order valence-electron chi connectivity index (χ2n) is 3.40. The minimum atomic E-state index is -0.154. The third-order valence-corrected chi connectivity index (χ3v) is 2.33. The minimum Gasteiger partial charge on any atom is -0.393 e. The van der Waals surface area contributed by atoms with Crippen molar-refractivity contribution in [1.82, 2.24) is 0 Å². The van der Waals surface area contributed by atoms with E-state index in [-0.39, 0.29) is 11.5 Å². The number of aliphatic hydroxyl groups is 1. The van der Waals surface area contributed by atoms with E-state index < -0.39 is 0 Å². The SMILES string of the molecule is C[C@]1(C#N)CC[C@@H](O)CC1. The lowest BCUT2D eigenvalue weighted by atomic mass is 9.76. The highest BCUT2D eigenvalue weighted by atomic mass is 16.3.